The maximum atomic E-state index is 11.5. The highest BCUT2D eigenvalue weighted by molar-refractivity contribution is 5.59. The molecule has 30 heavy (non-hydrogen) atoms. The number of hydrogen-bond donors (Lipinski definition) is 0. The number of unbranched alkanes of at least 4 members (excludes halogenated alkanes) is 14. The summed E-state index contributed by atoms with van der Waals surface area (Å²) in [6.07, 6.45) is 26.6. The Kier molecular flexibility index (Phi) is 23.5. The number of ether oxygens (including phenoxy) is 2. The normalized spacial score (nSPS) is 11.5. The number of allylic oxidation sites excluding steroid dienone is 2. The molecule has 0 aliphatic rings. The fraction of sp³-hybridized carbons (Fsp3) is 0.889. The van der Waals surface area contributed by atoms with Crippen LogP contribution >= 0.6 is 0 Å². The van der Waals surface area contributed by atoms with Crippen LogP contribution in [-0.4, -0.2) is 19.4 Å². The van der Waals surface area contributed by atoms with Gasteiger partial charge in [-0.1, -0.05) is 110 Å². The average Bonchev–Trinajstić information content (AvgIpc) is 2.72. The molecule has 0 aromatic rings. The van der Waals surface area contributed by atoms with E-state index < -0.39 is 6.16 Å². The lowest BCUT2D eigenvalue weighted by molar-refractivity contribution is 0.0529. The first-order valence-electron chi connectivity index (χ1n) is 13.1. The van der Waals surface area contributed by atoms with Gasteiger partial charge in [-0.25, -0.2) is 4.79 Å². The maximum absolute atomic E-state index is 11.5. The fourth-order valence-electron chi connectivity index (χ4n) is 3.53. The third kappa shape index (κ3) is 25.0. The summed E-state index contributed by atoms with van der Waals surface area (Å²) in [5.74, 6) is 0.806. The number of rotatable bonds is 22. The summed E-state index contributed by atoms with van der Waals surface area (Å²) in [7, 11) is 0. The van der Waals surface area contributed by atoms with Crippen molar-refractivity contribution >= 4 is 6.16 Å². The van der Waals surface area contributed by atoms with Gasteiger partial charge in [0.2, 0.25) is 0 Å². The highest BCUT2D eigenvalue weighted by Crippen LogP contribution is 2.11. The number of hydrogen-bond acceptors (Lipinski definition) is 3. The minimum Gasteiger partial charge on any atom is -0.434 e. The summed E-state index contributed by atoms with van der Waals surface area (Å²) in [6.45, 7) is 7.80. The number of carbonyl (C=O) groups is 1. The quantitative estimate of drug-likeness (QED) is 0.0986. The van der Waals surface area contributed by atoms with Crippen molar-refractivity contribution in [3.63, 3.8) is 0 Å². The second kappa shape index (κ2) is 24.3. The predicted molar refractivity (Wildman–Crippen MR) is 130 cm³/mol. The zero-order chi connectivity index (χ0) is 22.1. The molecule has 0 aromatic heterocycles. The van der Waals surface area contributed by atoms with Crippen molar-refractivity contribution in [3.05, 3.63) is 12.2 Å². The molecule has 0 heterocycles. The van der Waals surface area contributed by atoms with Gasteiger partial charge < -0.3 is 9.47 Å². The van der Waals surface area contributed by atoms with Crippen molar-refractivity contribution in [1.29, 1.82) is 0 Å². The monoisotopic (exact) mass is 424 g/mol. The molecule has 0 bridgehead atoms. The lowest BCUT2D eigenvalue weighted by Gasteiger charge is -2.07. The van der Waals surface area contributed by atoms with Crippen molar-refractivity contribution in [2.45, 2.75) is 136 Å². The standard InChI is InChI=1S/C27H52O3/c1-4-5-6-7-8-9-10-11-12-13-14-15-18-21-24-29-27(28)30-25-22-19-16-17-20-23-26(2)3/h9-10,26H,4-8,11-25H2,1-3H3. The van der Waals surface area contributed by atoms with E-state index in [0.29, 0.717) is 13.2 Å². The van der Waals surface area contributed by atoms with Gasteiger partial charge in [-0.05, 0) is 44.4 Å². The van der Waals surface area contributed by atoms with Gasteiger partial charge in [-0.2, -0.15) is 0 Å². The molecule has 0 spiro atoms. The zero-order valence-electron chi connectivity index (χ0n) is 20.6. The Hall–Kier alpha value is -0.990. The van der Waals surface area contributed by atoms with E-state index in [9.17, 15) is 4.79 Å². The van der Waals surface area contributed by atoms with E-state index in [2.05, 4.69) is 32.9 Å². The Morgan fingerprint density at radius 1 is 0.633 bits per heavy atom. The van der Waals surface area contributed by atoms with Crippen molar-refractivity contribution in [2.75, 3.05) is 13.2 Å². The second-order valence-corrected chi connectivity index (χ2v) is 9.13. The minimum atomic E-state index is -0.490. The Bertz CT molecular complexity index is 376. The van der Waals surface area contributed by atoms with E-state index in [1.807, 2.05) is 0 Å². The third-order valence-electron chi connectivity index (χ3n) is 5.52. The molecule has 3 nitrogen and oxygen atoms in total. The summed E-state index contributed by atoms with van der Waals surface area (Å²) >= 11 is 0. The molecule has 0 rings (SSSR count). The lowest BCUT2D eigenvalue weighted by atomic mass is 10.0. The molecule has 0 fully saturated rings. The Balaban J connectivity index is 3.20. The Labute approximate surface area is 188 Å². The van der Waals surface area contributed by atoms with Gasteiger partial charge in [0.05, 0.1) is 13.2 Å². The van der Waals surface area contributed by atoms with Gasteiger partial charge >= 0.3 is 6.16 Å². The highest BCUT2D eigenvalue weighted by Gasteiger charge is 2.03. The molecular formula is C27H52O3. The van der Waals surface area contributed by atoms with Crippen molar-refractivity contribution in [2.24, 2.45) is 5.92 Å². The fourth-order valence-corrected chi connectivity index (χ4v) is 3.53. The predicted octanol–water partition coefficient (Wildman–Crippen LogP) is 9.39. The third-order valence-corrected chi connectivity index (χ3v) is 5.52. The molecule has 0 radical (unpaired) electrons. The van der Waals surface area contributed by atoms with Crippen LogP contribution in [-0.2, 0) is 9.47 Å². The van der Waals surface area contributed by atoms with E-state index in [-0.39, 0.29) is 0 Å². The lowest BCUT2D eigenvalue weighted by Crippen LogP contribution is -2.09. The van der Waals surface area contributed by atoms with E-state index in [4.69, 9.17) is 9.47 Å². The van der Waals surface area contributed by atoms with Crippen LogP contribution in [0.25, 0.3) is 0 Å². The molecule has 0 saturated heterocycles. The van der Waals surface area contributed by atoms with Crippen LogP contribution in [0.15, 0.2) is 12.2 Å². The van der Waals surface area contributed by atoms with Crippen LogP contribution in [0.4, 0.5) is 4.79 Å². The molecule has 0 aliphatic heterocycles. The van der Waals surface area contributed by atoms with E-state index >= 15 is 0 Å². The Morgan fingerprint density at radius 3 is 1.57 bits per heavy atom. The van der Waals surface area contributed by atoms with Crippen LogP contribution in [0, 0.1) is 5.92 Å². The first kappa shape index (κ1) is 29.0. The molecule has 178 valence electrons. The molecule has 3 heteroatoms. The smallest absolute Gasteiger partial charge is 0.434 e. The van der Waals surface area contributed by atoms with E-state index in [0.717, 1.165) is 31.6 Å². The van der Waals surface area contributed by atoms with Crippen LogP contribution in [0.2, 0.25) is 0 Å². The average molecular weight is 425 g/mol. The first-order chi connectivity index (χ1) is 14.7. The maximum Gasteiger partial charge on any atom is 0.508 e. The topological polar surface area (TPSA) is 35.5 Å². The van der Waals surface area contributed by atoms with Gasteiger partial charge in [0.1, 0.15) is 0 Å². The van der Waals surface area contributed by atoms with Crippen LogP contribution < -0.4 is 0 Å². The summed E-state index contributed by atoms with van der Waals surface area (Å²) in [5, 5.41) is 0. The Morgan fingerprint density at radius 2 is 1.07 bits per heavy atom. The summed E-state index contributed by atoms with van der Waals surface area (Å²) in [5.41, 5.74) is 0. The molecule has 0 aliphatic carbocycles. The van der Waals surface area contributed by atoms with Crippen molar-refractivity contribution < 1.29 is 14.3 Å². The van der Waals surface area contributed by atoms with Crippen molar-refractivity contribution in [1.82, 2.24) is 0 Å². The van der Waals surface area contributed by atoms with Gasteiger partial charge in [-0.3, -0.25) is 0 Å². The largest absolute Gasteiger partial charge is 0.508 e. The first-order valence-corrected chi connectivity index (χ1v) is 13.1. The van der Waals surface area contributed by atoms with Crippen LogP contribution in [0.5, 0.6) is 0 Å². The SMILES string of the molecule is CCCCCCC=CCCCCCCCCOC(=O)OCCCCCCCC(C)C. The summed E-state index contributed by atoms with van der Waals surface area (Å²) in [6, 6.07) is 0. The zero-order valence-corrected chi connectivity index (χ0v) is 20.6. The van der Waals surface area contributed by atoms with Gasteiger partial charge in [-0.15, -0.1) is 0 Å². The molecular weight excluding hydrogens is 372 g/mol. The number of carbonyl (C=O) groups excluding carboxylic acids is 1. The molecule has 0 aromatic carbocycles. The molecule has 0 atom stereocenters. The minimum absolute atomic E-state index is 0.490. The van der Waals surface area contributed by atoms with Crippen LogP contribution in [0.1, 0.15) is 136 Å². The highest BCUT2D eigenvalue weighted by atomic mass is 16.7. The summed E-state index contributed by atoms with van der Waals surface area (Å²) in [4.78, 5) is 11.5. The van der Waals surface area contributed by atoms with Gasteiger partial charge in [0.25, 0.3) is 0 Å². The van der Waals surface area contributed by atoms with Gasteiger partial charge in [0.15, 0.2) is 0 Å². The molecule has 0 unspecified atom stereocenters. The van der Waals surface area contributed by atoms with Crippen molar-refractivity contribution in [3.8, 4) is 0 Å². The van der Waals surface area contributed by atoms with Gasteiger partial charge in [0, 0.05) is 0 Å². The van der Waals surface area contributed by atoms with E-state index in [1.165, 1.54) is 89.9 Å². The summed E-state index contributed by atoms with van der Waals surface area (Å²) < 4.78 is 10.3. The molecule has 0 saturated carbocycles. The van der Waals surface area contributed by atoms with E-state index in [1.54, 1.807) is 0 Å². The second-order valence-electron chi connectivity index (χ2n) is 9.13. The molecule has 0 amide bonds. The molecule has 0 N–H and O–H groups in total. The van der Waals surface area contributed by atoms with Crippen LogP contribution in [0.3, 0.4) is 0 Å².